The number of methoxy groups -OCH3 is 1. The molecule has 14 rings (SSSR count). The van der Waals surface area contributed by atoms with Gasteiger partial charge in [0.15, 0.2) is 22.6 Å². The lowest BCUT2D eigenvalue weighted by atomic mass is 10.0. The van der Waals surface area contributed by atoms with Gasteiger partial charge in [-0.2, -0.15) is 0 Å². The fourth-order valence-corrected chi connectivity index (χ4v) is 16.5. The van der Waals surface area contributed by atoms with E-state index in [4.69, 9.17) is 41.0 Å². The maximum absolute atomic E-state index is 13.8. The number of aromatic nitrogens is 12. The average molecular weight is 1820 g/mol. The molecule has 5 aromatic carbocycles. The van der Waals surface area contributed by atoms with Crippen LogP contribution in [-0.2, 0) is 58.8 Å². The van der Waals surface area contributed by atoms with Gasteiger partial charge < -0.3 is 52.7 Å². The van der Waals surface area contributed by atoms with Crippen LogP contribution in [0.2, 0.25) is 5.02 Å². The van der Waals surface area contributed by atoms with Crippen molar-refractivity contribution in [1.29, 1.82) is 0 Å². The van der Waals surface area contributed by atoms with Gasteiger partial charge in [0.2, 0.25) is 0 Å². The number of nitrogens with zero attached hydrogens (tertiary/aromatic N) is 16. The maximum atomic E-state index is 13.8. The van der Waals surface area contributed by atoms with E-state index in [1.165, 1.54) is 43.7 Å². The molecule has 128 heavy (non-hydrogen) atoms. The Hall–Kier alpha value is -11.3. The van der Waals surface area contributed by atoms with Crippen LogP contribution in [-0.4, -0.2) is 148 Å². The number of carbonyl (C=O) groups is 4. The van der Waals surface area contributed by atoms with Crippen molar-refractivity contribution in [2.75, 3.05) is 46.4 Å². The predicted molar refractivity (Wildman–Crippen MR) is 513 cm³/mol. The number of pyridine rings is 4. The molecule has 0 saturated heterocycles. The van der Waals surface area contributed by atoms with Gasteiger partial charge in [-0.25, -0.2) is 44.3 Å². The lowest BCUT2D eigenvalue weighted by Crippen LogP contribution is -2.33. The molecule has 0 aliphatic heterocycles. The molecule has 0 atom stereocenters. The summed E-state index contributed by atoms with van der Waals surface area (Å²) >= 11 is 9.26. The molecule has 1 N–H and O–H groups in total. The Morgan fingerprint density at radius 1 is 0.484 bits per heavy atom. The van der Waals surface area contributed by atoms with Gasteiger partial charge in [0.25, 0.3) is 23.6 Å². The summed E-state index contributed by atoms with van der Waals surface area (Å²) < 4.78 is 34.1. The van der Waals surface area contributed by atoms with E-state index in [0.29, 0.717) is 115 Å². The second-order valence-corrected chi connectivity index (χ2v) is 34.8. The number of amides is 4. The van der Waals surface area contributed by atoms with Gasteiger partial charge in [0.1, 0.15) is 69.3 Å². The van der Waals surface area contributed by atoms with E-state index in [1.807, 2.05) is 135 Å². The van der Waals surface area contributed by atoms with Crippen LogP contribution in [0.3, 0.4) is 0 Å². The van der Waals surface area contributed by atoms with Crippen molar-refractivity contribution >= 4 is 95.8 Å². The molecule has 0 bridgehead atoms. The van der Waals surface area contributed by atoms with E-state index in [1.54, 1.807) is 62.1 Å². The van der Waals surface area contributed by atoms with Crippen molar-refractivity contribution in [2.24, 2.45) is 11.8 Å². The molecule has 13 aromatic rings. The zero-order valence-electron chi connectivity index (χ0n) is 76.6. The molecular weight excluding hydrogens is 1690 g/mol. The number of rotatable bonds is 41. The summed E-state index contributed by atoms with van der Waals surface area (Å²) in [5.74, 6) is 5.54. The number of unbranched alkanes of at least 4 members (excludes halogenated alkanes) is 3. The Balaban J connectivity index is 0.000000167. The van der Waals surface area contributed by atoms with Gasteiger partial charge in [-0.1, -0.05) is 155 Å². The number of ether oxygens (including phenoxy) is 2. The SMILES string of the molecule is CC(C)CCN(Cc1nc2cccnc2n1C1CCCC1)C(=O)c1ccc(F)c(Br)c1.CCCCCc1ccc(C(=O)N(CCCC)Cc2nc3cccnc3n2CCC)cc1.CCCN(Cc1nc2cccnc2n1CCC)C(=O)c1cccc(Cl)c1.CCCn1c(CN(CCC(C)C)C(=O)c2cccc(OCCNCc3ccccc3OC)c2)nc2cccnc21. The fourth-order valence-electron chi connectivity index (χ4n) is 15.9. The van der Waals surface area contributed by atoms with Crippen molar-refractivity contribution in [1.82, 2.24) is 83.1 Å². The van der Waals surface area contributed by atoms with E-state index in [2.05, 4.69) is 141 Å². The number of fused-ring (bicyclic) bond motifs is 4. The van der Waals surface area contributed by atoms with E-state index < -0.39 is 0 Å². The Labute approximate surface area is 767 Å². The van der Waals surface area contributed by atoms with Crippen molar-refractivity contribution in [3.8, 4) is 11.5 Å². The Kier molecular flexibility index (Phi) is 37.9. The van der Waals surface area contributed by atoms with E-state index in [9.17, 15) is 23.6 Å². The molecule has 8 heterocycles. The van der Waals surface area contributed by atoms with E-state index >= 15 is 0 Å². The number of aryl methyl sites for hydroxylation is 4. The normalized spacial score (nSPS) is 12.0. The summed E-state index contributed by atoms with van der Waals surface area (Å²) in [6.07, 6.45) is 24.2. The predicted octanol–water partition coefficient (Wildman–Crippen LogP) is 22.4. The standard InChI is InChI=1S/C32H41N5O3.C26H36N4O.C24H28BrFN4O.C20H23ClN4O/c1-5-18-37-30(35-28-13-9-16-34-31(28)37)23-36(19-15-24(2)3)32(38)25-11-8-12-27(21-25)40-20-17-33-22-26-10-6-7-14-29(26)39-4;1-4-7-9-11-21-13-15-22(16-14-21)26(31)29(19-8-5-2)20-24-28-23-12-10-17-27-25(23)30(24)18-6-3;1-16(2)11-13-29(24(31)17-9-10-20(26)19(25)14-17)15-22-28-21-8-5-12-27-23(21)30(22)18-6-3-4-7-18;1-3-11-24(20(26)15-7-5-8-16(21)13-15)14-18-23-17-9-6-10-22-19(17)25(18)12-4-2/h6-14,16,21,24,33H,5,15,17-20,22-23H2,1-4H3;10,12-17H,4-9,11,18-20H2,1-3H3;5,8-10,12,14,16,18H,3-4,6-7,11,13,15H2,1-2H3;5-10,13H,3-4,11-12,14H2,1-2H3. The lowest BCUT2D eigenvalue weighted by molar-refractivity contribution is 0.0721. The highest BCUT2D eigenvalue weighted by Gasteiger charge is 2.29. The second kappa shape index (κ2) is 49.9. The number of benzene rings is 5. The maximum Gasteiger partial charge on any atom is 0.254 e. The molecule has 1 saturated carbocycles. The van der Waals surface area contributed by atoms with Crippen LogP contribution in [0.1, 0.15) is 247 Å². The zero-order valence-corrected chi connectivity index (χ0v) is 78.9. The van der Waals surface area contributed by atoms with Crippen molar-refractivity contribution in [3.05, 3.63) is 261 Å². The molecule has 1 aliphatic rings. The van der Waals surface area contributed by atoms with Crippen LogP contribution in [0.4, 0.5) is 4.39 Å². The summed E-state index contributed by atoms with van der Waals surface area (Å²) in [7, 11) is 1.68. The minimum Gasteiger partial charge on any atom is -0.496 e. The molecule has 0 unspecified atom stereocenters. The zero-order chi connectivity index (χ0) is 90.9. The molecular formula is C102H128BrClFN17O6. The van der Waals surface area contributed by atoms with Gasteiger partial charge in [-0.15, -0.1) is 0 Å². The number of para-hydroxylation sites is 1. The van der Waals surface area contributed by atoms with Gasteiger partial charge in [-0.3, -0.25) is 19.2 Å². The number of hydrogen-bond donors (Lipinski definition) is 1. The number of imidazole rings is 4. The Morgan fingerprint density at radius 2 is 0.945 bits per heavy atom. The van der Waals surface area contributed by atoms with Crippen LogP contribution in [0.15, 0.2) is 193 Å². The van der Waals surface area contributed by atoms with E-state index in [-0.39, 0.29) is 29.4 Å². The van der Waals surface area contributed by atoms with Gasteiger partial charge in [0.05, 0.1) is 37.8 Å². The first-order valence-electron chi connectivity index (χ1n) is 46.0. The average Bonchev–Trinajstić information content (AvgIpc) is 1.63. The molecule has 1 fully saturated rings. The number of hydrogen-bond acceptors (Lipinski definition) is 15. The van der Waals surface area contributed by atoms with E-state index in [0.717, 1.165) is 182 Å². The summed E-state index contributed by atoms with van der Waals surface area (Å²) in [5.41, 5.74) is 11.9. The number of nitrogens with one attached hydrogen (secondary N) is 1. The topological polar surface area (TPSA) is 235 Å². The summed E-state index contributed by atoms with van der Waals surface area (Å²) in [4.78, 5) is 98.5. The largest absolute Gasteiger partial charge is 0.496 e. The third kappa shape index (κ3) is 26.9. The summed E-state index contributed by atoms with van der Waals surface area (Å²) in [6, 6.07) is 51.0. The molecule has 23 nitrogen and oxygen atoms in total. The van der Waals surface area contributed by atoms with Gasteiger partial charge in [-0.05, 0) is 225 Å². The van der Waals surface area contributed by atoms with Crippen molar-refractivity contribution in [3.63, 3.8) is 0 Å². The van der Waals surface area contributed by atoms with Crippen LogP contribution in [0.5, 0.6) is 11.5 Å². The highest BCUT2D eigenvalue weighted by Crippen LogP contribution is 2.35. The fraction of sp³-hybridized carbons (Fsp3) is 0.431. The van der Waals surface area contributed by atoms with Crippen molar-refractivity contribution < 1.29 is 33.0 Å². The van der Waals surface area contributed by atoms with Crippen LogP contribution in [0.25, 0.3) is 44.7 Å². The molecule has 678 valence electrons. The first-order valence-corrected chi connectivity index (χ1v) is 47.2. The lowest BCUT2D eigenvalue weighted by Gasteiger charge is -2.25. The molecule has 1 aliphatic carbocycles. The molecule has 0 radical (unpaired) electrons. The smallest absolute Gasteiger partial charge is 0.254 e. The Morgan fingerprint density at radius 3 is 1.45 bits per heavy atom. The van der Waals surface area contributed by atoms with Crippen LogP contribution >= 0.6 is 27.5 Å². The summed E-state index contributed by atoms with van der Waals surface area (Å²) in [5, 5.41) is 3.95. The molecule has 8 aromatic heterocycles. The first kappa shape index (κ1) is 97.3. The highest BCUT2D eigenvalue weighted by molar-refractivity contribution is 9.10. The quantitative estimate of drug-likeness (QED) is 0.0351. The monoisotopic (exact) mass is 1820 g/mol. The third-order valence-electron chi connectivity index (χ3n) is 22.7. The number of halogens is 3. The highest BCUT2D eigenvalue weighted by atomic mass is 79.9. The molecule has 26 heteroatoms. The van der Waals surface area contributed by atoms with Crippen molar-refractivity contribution in [2.45, 2.75) is 230 Å². The molecule has 0 spiro atoms. The Bertz CT molecular complexity index is 5710. The second-order valence-electron chi connectivity index (χ2n) is 33.5. The minimum absolute atomic E-state index is 0.0246. The number of carbonyl (C=O) groups excluding carboxylic acids is 4. The molecule has 4 amide bonds. The summed E-state index contributed by atoms with van der Waals surface area (Å²) in [6.45, 7) is 30.3. The first-order chi connectivity index (χ1) is 62.2. The van der Waals surface area contributed by atoms with Crippen LogP contribution < -0.4 is 14.8 Å². The third-order valence-corrected chi connectivity index (χ3v) is 23.5. The van der Waals surface area contributed by atoms with Gasteiger partial charge in [0, 0.05) is 123 Å². The minimum atomic E-state index is -0.376. The van der Waals surface area contributed by atoms with Gasteiger partial charge >= 0.3 is 0 Å². The van der Waals surface area contributed by atoms with Crippen LogP contribution in [0, 0.1) is 17.7 Å².